The lowest BCUT2D eigenvalue weighted by Crippen LogP contribution is -2.04. The van der Waals surface area contributed by atoms with Crippen LogP contribution in [0.5, 0.6) is 0 Å². The monoisotopic (exact) mass is 203 g/mol. The van der Waals surface area contributed by atoms with Crippen molar-refractivity contribution in [2.75, 3.05) is 0 Å². The molecule has 1 heterocycles. The zero-order valence-electron chi connectivity index (χ0n) is 8.10. The Balaban J connectivity index is 2.31. The molecule has 1 atom stereocenters. The topological polar surface area (TPSA) is 26.0 Å². The molecule has 2 N–H and O–H groups in total. The van der Waals surface area contributed by atoms with Crippen LogP contribution in [-0.2, 0) is 0 Å². The van der Waals surface area contributed by atoms with Crippen LogP contribution < -0.4 is 5.73 Å². The molecule has 0 saturated heterocycles. The van der Waals surface area contributed by atoms with E-state index >= 15 is 0 Å². The van der Waals surface area contributed by atoms with E-state index < -0.39 is 0 Å². The highest BCUT2D eigenvalue weighted by Gasteiger charge is 2.00. The predicted molar refractivity (Wildman–Crippen MR) is 62.4 cm³/mol. The van der Waals surface area contributed by atoms with Gasteiger partial charge < -0.3 is 5.73 Å². The second-order valence-corrected chi connectivity index (χ2v) is 4.20. The van der Waals surface area contributed by atoms with Gasteiger partial charge >= 0.3 is 0 Å². The second-order valence-electron chi connectivity index (χ2n) is 3.42. The van der Waals surface area contributed by atoms with Crippen molar-refractivity contribution in [1.82, 2.24) is 0 Å². The molecule has 1 aromatic carbocycles. The van der Waals surface area contributed by atoms with Gasteiger partial charge in [0.1, 0.15) is 0 Å². The molecular formula is C12H13NS. The van der Waals surface area contributed by atoms with E-state index in [0.717, 1.165) is 0 Å². The molecule has 14 heavy (non-hydrogen) atoms. The Morgan fingerprint density at radius 2 is 1.79 bits per heavy atom. The minimum Gasteiger partial charge on any atom is -0.324 e. The van der Waals surface area contributed by atoms with Crippen molar-refractivity contribution in [2.24, 2.45) is 5.73 Å². The fraction of sp³-hybridized carbons (Fsp3) is 0.167. The van der Waals surface area contributed by atoms with E-state index in [0.29, 0.717) is 0 Å². The number of rotatable bonds is 2. The summed E-state index contributed by atoms with van der Waals surface area (Å²) in [6.45, 7) is 2.00. The molecule has 0 aliphatic rings. The highest BCUT2D eigenvalue weighted by Crippen LogP contribution is 2.23. The number of hydrogen-bond acceptors (Lipinski definition) is 2. The smallest absolute Gasteiger partial charge is 0.0266 e. The van der Waals surface area contributed by atoms with Gasteiger partial charge in [-0.3, -0.25) is 0 Å². The summed E-state index contributed by atoms with van der Waals surface area (Å²) in [6.07, 6.45) is 0. The van der Waals surface area contributed by atoms with Crippen LogP contribution in [0.1, 0.15) is 18.5 Å². The zero-order chi connectivity index (χ0) is 9.97. The normalized spacial score (nSPS) is 12.7. The molecule has 0 unspecified atom stereocenters. The van der Waals surface area contributed by atoms with Gasteiger partial charge in [0.15, 0.2) is 0 Å². The molecule has 72 valence electrons. The molecule has 0 radical (unpaired) electrons. The van der Waals surface area contributed by atoms with Gasteiger partial charge in [-0.1, -0.05) is 24.3 Å². The molecule has 2 aromatic rings. The third kappa shape index (κ3) is 1.86. The van der Waals surface area contributed by atoms with Crippen LogP contribution in [0.4, 0.5) is 0 Å². The van der Waals surface area contributed by atoms with Crippen molar-refractivity contribution < 1.29 is 0 Å². The number of hydrogen-bond donors (Lipinski definition) is 1. The maximum atomic E-state index is 5.78. The lowest BCUT2D eigenvalue weighted by atomic mass is 10.0. The molecule has 0 aliphatic heterocycles. The predicted octanol–water partition coefficient (Wildman–Crippen LogP) is 3.43. The van der Waals surface area contributed by atoms with E-state index in [9.17, 15) is 0 Å². The van der Waals surface area contributed by atoms with Crippen molar-refractivity contribution in [3.63, 3.8) is 0 Å². The fourth-order valence-electron chi connectivity index (χ4n) is 1.41. The first kappa shape index (κ1) is 9.44. The fourth-order valence-corrected chi connectivity index (χ4v) is 2.07. The average molecular weight is 203 g/mol. The van der Waals surface area contributed by atoms with Gasteiger partial charge in [0.2, 0.25) is 0 Å². The average Bonchev–Trinajstić information content (AvgIpc) is 2.71. The molecular weight excluding hydrogens is 190 g/mol. The molecule has 2 rings (SSSR count). The molecule has 0 spiro atoms. The third-order valence-corrected chi connectivity index (χ3v) is 2.97. The third-order valence-electron chi connectivity index (χ3n) is 2.29. The van der Waals surface area contributed by atoms with Crippen LogP contribution in [-0.4, -0.2) is 0 Å². The minimum atomic E-state index is 0.117. The summed E-state index contributed by atoms with van der Waals surface area (Å²) >= 11 is 1.72. The van der Waals surface area contributed by atoms with E-state index in [1.54, 1.807) is 11.3 Å². The Labute approximate surface area is 88.2 Å². The van der Waals surface area contributed by atoms with E-state index in [4.69, 9.17) is 5.73 Å². The molecule has 1 nitrogen and oxygen atoms in total. The van der Waals surface area contributed by atoms with Gasteiger partial charge in [0.25, 0.3) is 0 Å². The summed E-state index contributed by atoms with van der Waals surface area (Å²) in [5, 5.41) is 4.25. The van der Waals surface area contributed by atoms with Gasteiger partial charge in [0, 0.05) is 6.04 Å². The first-order chi connectivity index (χ1) is 6.77. The highest BCUT2D eigenvalue weighted by atomic mass is 32.1. The molecule has 0 saturated carbocycles. The van der Waals surface area contributed by atoms with Crippen LogP contribution in [0.15, 0.2) is 41.1 Å². The quantitative estimate of drug-likeness (QED) is 0.795. The maximum absolute atomic E-state index is 5.78. The van der Waals surface area contributed by atoms with Crippen molar-refractivity contribution >= 4 is 11.3 Å². The van der Waals surface area contributed by atoms with Gasteiger partial charge in [-0.15, -0.1) is 0 Å². The first-order valence-corrected chi connectivity index (χ1v) is 5.60. The second kappa shape index (κ2) is 3.95. The highest BCUT2D eigenvalue weighted by molar-refractivity contribution is 7.08. The first-order valence-electron chi connectivity index (χ1n) is 4.65. The van der Waals surface area contributed by atoms with Crippen LogP contribution >= 0.6 is 11.3 Å². The molecule has 0 fully saturated rings. The largest absolute Gasteiger partial charge is 0.324 e. The van der Waals surface area contributed by atoms with Crippen LogP contribution in [0.3, 0.4) is 0 Å². The van der Waals surface area contributed by atoms with Crippen LogP contribution in [0.25, 0.3) is 11.1 Å². The van der Waals surface area contributed by atoms with Gasteiger partial charge in [0.05, 0.1) is 0 Å². The van der Waals surface area contributed by atoms with Crippen LogP contribution in [0, 0.1) is 0 Å². The molecule has 0 amide bonds. The lowest BCUT2D eigenvalue weighted by Gasteiger charge is -2.05. The molecule has 2 heteroatoms. The van der Waals surface area contributed by atoms with Gasteiger partial charge in [-0.25, -0.2) is 0 Å². The zero-order valence-corrected chi connectivity index (χ0v) is 8.92. The molecule has 0 bridgehead atoms. The number of thiophene rings is 1. The van der Waals surface area contributed by atoms with Crippen molar-refractivity contribution in [1.29, 1.82) is 0 Å². The van der Waals surface area contributed by atoms with E-state index in [2.05, 4.69) is 41.1 Å². The van der Waals surface area contributed by atoms with E-state index in [1.165, 1.54) is 16.7 Å². The lowest BCUT2D eigenvalue weighted by molar-refractivity contribution is 0.818. The SMILES string of the molecule is C[C@@H](N)c1ccc(-c2ccsc2)cc1. The summed E-state index contributed by atoms with van der Waals surface area (Å²) in [7, 11) is 0. The summed E-state index contributed by atoms with van der Waals surface area (Å²) in [5.74, 6) is 0. The Morgan fingerprint density at radius 3 is 2.29 bits per heavy atom. The van der Waals surface area contributed by atoms with Gasteiger partial charge in [-0.05, 0) is 40.4 Å². The number of nitrogens with two attached hydrogens (primary N) is 1. The van der Waals surface area contributed by atoms with Crippen molar-refractivity contribution in [3.05, 3.63) is 46.7 Å². The van der Waals surface area contributed by atoms with Crippen LogP contribution in [0.2, 0.25) is 0 Å². The Morgan fingerprint density at radius 1 is 1.07 bits per heavy atom. The minimum absolute atomic E-state index is 0.117. The van der Waals surface area contributed by atoms with Crippen molar-refractivity contribution in [2.45, 2.75) is 13.0 Å². The summed E-state index contributed by atoms with van der Waals surface area (Å²) < 4.78 is 0. The van der Waals surface area contributed by atoms with E-state index in [-0.39, 0.29) is 6.04 Å². The van der Waals surface area contributed by atoms with E-state index in [1.807, 2.05) is 6.92 Å². The maximum Gasteiger partial charge on any atom is 0.0266 e. The van der Waals surface area contributed by atoms with Gasteiger partial charge in [-0.2, -0.15) is 11.3 Å². The summed E-state index contributed by atoms with van der Waals surface area (Å²) in [4.78, 5) is 0. The Hall–Kier alpha value is -1.12. The molecule has 1 aromatic heterocycles. The Kier molecular flexibility index (Phi) is 2.66. The summed E-state index contributed by atoms with van der Waals surface area (Å²) in [5.41, 5.74) is 9.51. The standard InChI is InChI=1S/C12H13NS/c1-9(13)10-2-4-11(5-3-10)12-6-7-14-8-12/h2-9H,13H2,1H3/t9-/m1/s1. The van der Waals surface area contributed by atoms with Crippen molar-refractivity contribution in [3.8, 4) is 11.1 Å². The summed E-state index contributed by atoms with van der Waals surface area (Å²) in [6, 6.07) is 10.7. The Bertz CT molecular complexity index is 387. The molecule has 0 aliphatic carbocycles. The number of benzene rings is 1.